The third-order valence-corrected chi connectivity index (χ3v) is 5.01. The van der Waals surface area contributed by atoms with Crippen molar-refractivity contribution in [3.05, 3.63) is 91.6 Å². The number of nitrogens with one attached hydrogen (secondary N) is 1. The number of methoxy groups -OCH3 is 1. The molecule has 3 aromatic rings. The molecule has 0 radical (unpaired) electrons. The Morgan fingerprint density at radius 2 is 1.77 bits per heavy atom. The largest absolute Gasteiger partial charge is 0.383 e. The highest BCUT2D eigenvalue weighted by Crippen LogP contribution is 2.21. The van der Waals surface area contributed by atoms with E-state index in [1.54, 1.807) is 24.3 Å². The van der Waals surface area contributed by atoms with Crippen LogP contribution in [0, 0.1) is 0 Å². The first-order valence-corrected chi connectivity index (χ1v) is 9.98. The molecule has 1 amide bonds. The molecule has 0 fully saturated rings. The van der Waals surface area contributed by atoms with Crippen LogP contribution >= 0.6 is 11.6 Å². The van der Waals surface area contributed by atoms with Crippen molar-refractivity contribution in [1.82, 2.24) is 9.55 Å². The van der Waals surface area contributed by atoms with E-state index in [0.29, 0.717) is 5.02 Å². The van der Waals surface area contributed by atoms with Crippen LogP contribution in [0.2, 0.25) is 5.02 Å². The van der Waals surface area contributed by atoms with Crippen molar-refractivity contribution in [2.45, 2.75) is 19.5 Å². The highest BCUT2D eigenvalue weighted by molar-refractivity contribution is 6.30. The molecule has 8 nitrogen and oxygen atoms in total. The monoisotopic (exact) mass is 442 g/mol. The molecule has 2 aromatic carbocycles. The van der Waals surface area contributed by atoms with Crippen LogP contribution in [0.15, 0.2) is 64.2 Å². The Balaban J connectivity index is 2.05. The van der Waals surface area contributed by atoms with Gasteiger partial charge in [0.05, 0.1) is 26.1 Å². The van der Waals surface area contributed by atoms with Gasteiger partial charge in [-0.25, -0.2) is 4.79 Å². The number of hydrogen-bond donors (Lipinski definition) is 2. The minimum absolute atomic E-state index is 0.0279. The number of carbonyl (C=O) groups excluding carboxylic acids is 1. The van der Waals surface area contributed by atoms with E-state index in [2.05, 4.69) is 4.98 Å². The summed E-state index contributed by atoms with van der Waals surface area (Å²) < 4.78 is 6.21. The number of halogens is 1. The Morgan fingerprint density at radius 1 is 1.10 bits per heavy atom. The molecule has 0 aliphatic heterocycles. The molecule has 3 N–H and O–H groups in total. The molecular formula is C22H23ClN4O4. The summed E-state index contributed by atoms with van der Waals surface area (Å²) in [5.74, 6) is -0.438. The fourth-order valence-corrected chi connectivity index (χ4v) is 3.30. The van der Waals surface area contributed by atoms with Gasteiger partial charge in [0, 0.05) is 12.1 Å². The lowest BCUT2D eigenvalue weighted by molar-refractivity contribution is -0.118. The van der Waals surface area contributed by atoms with Crippen molar-refractivity contribution >= 4 is 29.0 Å². The summed E-state index contributed by atoms with van der Waals surface area (Å²) in [6, 6.07) is 16.1. The molecule has 3 rings (SSSR count). The molecule has 0 bridgehead atoms. The first-order valence-electron chi connectivity index (χ1n) is 9.61. The van der Waals surface area contributed by atoms with Gasteiger partial charge in [0.1, 0.15) is 5.82 Å². The quantitative estimate of drug-likeness (QED) is 0.555. The van der Waals surface area contributed by atoms with Crippen molar-refractivity contribution in [3.8, 4) is 0 Å². The van der Waals surface area contributed by atoms with E-state index in [0.717, 1.165) is 11.1 Å². The Morgan fingerprint density at radius 3 is 2.42 bits per heavy atom. The number of anilines is 2. The summed E-state index contributed by atoms with van der Waals surface area (Å²) in [7, 11) is 1.49. The Kier molecular flexibility index (Phi) is 7.28. The highest BCUT2D eigenvalue weighted by Gasteiger charge is 2.24. The first-order chi connectivity index (χ1) is 14.9. The molecule has 0 aliphatic rings. The SMILES string of the molecule is COCCn1c(N)c(N(Cc2ccccc2)C(=O)Cc2ccc(Cl)cc2)c(=O)[nH]c1=O. The maximum Gasteiger partial charge on any atom is 0.330 e. The predicted octanol–water partition coefficient (Wildman–Crippen LogP) is 2.19. The minimum atomic E-state index is -0.725. The van der Waals surface area contributed by atoms with Gasteiger partial charge < -0.3 is 10.5 Å². The molecule has 1 aromatic heterocycles. The third kappa shape index (κ3) is 5.42. The summed E-state index contributed by atoms with van der Waals surface area (Å²) in [6.45, 7) is 0.464. The topological polar surface area (TPSA) is 110 Å². The molecule has 9 heteroatoms. The maximum atomic E-state index is 13.3. The van der Waals surface area contributed by atoms with Gasteiger partial charge >= 0.3 is 5.69 Å². The van der Waals surface area contributed by atoms with Crippen molar-refractivity contribution in [1.29, 1.82) is 0 Å². The number of amides is 1. The highest BCUT2D eigenvalue weighted by atomic mass is 35.5. The number of aromatic amines is 1. The predicted molar refractivity (Wildman–Crippen MR) is 120 cm³/mol. The molecule has 0 aliphatic carbocycles. The lowest BCUT2D eigenvalue weighted by atomic mass is 10.1. The number of nitrogens with zero attached hydrogens (tertiary/aromatic N) is 2. The van der Waals surface area contributed by atoms with E-state index < -0.39 is 11.2 Å². The van der Waals surface area contributed by atoms with Crippen LogP contribution in [0.3, 0.4) is 0 Å². The molecule has 0 spiro atoms. The number of aromatic nitrogens is 2. The molecule has 0 saturated carbocycles. The van der Waals surface area contributed by atoms with Crippen LogP contribution in [0.4, 0.5) is 11.5 Å². The van der Waals surface area contributed by atoms with Crippen LogP contribution in [-0.2, 0) is 29.0 Å². The fourth-order valence-electron chi connectivity index (χ4n) is 3.17. The second-order valence-electron chi connectivity index (χ2n) is 6.91. The number of benzene rings is 2. The summed E-state index contributed by atoms with van der Waals surface area (Å²) >= 11 is 5.93. The van der Waals surface area contributed by atoms with E-state index in [1.165, 1.54) is 16.6 Å². The fraction of sp³-hybridized carbons (Fsp3) is 0.227. The average Bonchev–Trinajstić information content (AvgIpc) is 2.75. The van der Waals surface area contributed by atoms with E-state index >= 15 is 0 Å². The Labute approximate surface area is 183 Å². The van der Waals surface area contributed by atoms with Crippen molar-refractivity contribution in [3.63, 3.8) is 0 Å². The van der Waals surface area contributed by atoms with Gasteiger partial charge in [-0.2, -0.15) is 0 Å². The molecule has 0 saturated heterocycles. The Bertz CT molecular complexity index is 1160. The molecule has 0 atom stereocenters. The van der Waals surface area contributed by atoms with E-state index in [-0.39, 0.29) is 43.5 Å². The summed E-state index contributed by atoms with van der Waals surface area (Å²) in [4.78, 5) is 41.8. The third-order valence-electron chi connectivity index (χ3n) is 4.76. The van der Waals surface area contributed by atoms with E-state index in [1.807, 2.05) is 30.3 Å². The number of ether oxygens (including phenoxy) is 1. The zero-order chi connectivity index (χ0) is 22.4. The standard InChI is InChI=1S/C22H23ClN4O4/c1-31-12-11-26-20(24)19(21(29)25-22(26)30)27(14-16-5-3-2-4-6-16)18(28)13-15-7-9-17(23)10-8-15/h2-10H,11-14,24H2,1H3,(H,25,29,30). The lowest BCUT2D eigenvalue weighted by Gasteiger charge is -2.25. The van der Waals surface area contributed by atoms with Crippen LogP contribution in [0.25, 0.3) is 0 Å². The molecule has 31 heavy (non-hydrogen) atoms. The van der Waals surface area contributed by atoms with Crippen LogP contribution in [0.1, 0.15) is 11.1 Å². The second kappa shape index (κ2) is 10.1. The summed E-state index contributed by atoms with van der Waals surface area (Å²) in [6.07, 6.45) is 0.0279. The van der Waals surface area contributed by atoms with E-state index in [4.69, 9.17) is 22.1 Å². The van der Waals surface area contributed by atoms with Gasteiger partial charge in [0.2, 0.25) is 5.91 Å². The van der Waals surface area contributed by atoms with Gasteiger partial charge in [-0.15, -0.1) is 0 Å². The first kappa shape index (κ1) is 22.3. The molecule has 0 unspecified atom stereocenters. The average molecular weight is 443 g/mol. The van der Waals surface area contributed by atoms with E-state index in [9.17, 15) is 14.4 Å². The minimum Gasteiger partial charge on any atom is -0.383 e. The Hall–Kier alpha value is -3.36. The van der Waals surface area contributed by atoms with Crippen LogP contribution in [0.5, 0.6) is 0 Å². The lowest BCUT2D eigenvalue weighted by Crippen LogP contribution is -2.41. The molecule has 162 valence electrons. The van der Waals surface area contributed by atoms with Crippen molar-refractivity contribution in [2.75, 3.05) is 24.4 Å². The number of carbonyl (C=O) groups is 1. The number of hydrogen-bond acceptors (Lipinski definition) is 5. The van der Waals surface area contributed by atoms with Gasteiger partial charge in [0.15, 0.2) is 5.69 Å². The normalized spacial score (nSPS) is 10.8. The molecule has 1 heterocycles. The van der Waals surface area contributed by atoms with Crippen LogP contribution < -0.4 is 21.9 Å². The smallest absolute Gasteiger partial charge is 0.330 e. The summed E-state index contributed by atoms with van der Waals surface area (Å²) in [5, 5.41) is 0.559. The van der Waals surface area contributed by atoms with Gasteiger partial charge in [-0.05, 0) is 23.3 Å². The number of H-pyrrole nitrogens is 1. The zero-order valence-electron chi connectivity index (χ0n) is 17.0. The van der Waals surface area contributed by atoms with Crippen molar-refractivity contribution in [2.24, 2.45) is 0 Å². The summed E-state index contributed by atoms with van der Waals surface area (Å²) in [5.41, 5.74) is 6.29. The van der Waals surface area contributed by atoms with Gasteiger partial charge in [0.25, 0.3) is 5.56 Å². The zero-order valence-corrected chi connectivity index (χ0v) is 17.8. The number of nitrogen functional groups attached to an aromatic ring is 1. The number of rotatable bonds is 8. The van der Waals surface area contributed by atoms with Gasteiger partial charge in [-0.1, -0.05) is 54.1 Å². The number of nitrogens with two attached hydrogens (primary N) is 1. The van der Waals surface area contributed by atoms with Crippen molar-refractivity contribution < 1.29 is 9.53 Å². The second-order valence-corrected chi connectivity index (χ2v) is 7.34. The van der Waals surface area contributed by atoms with Gasteiger partial charge in [-0.3, -0.25) is 24.0 Å². The molecular weight excluding hydrogens is 420 g/mol. The maximum absolute atomic E-state index is 13.3. The van der Waals surface area contributed by atoms with Crippen LogP contribution in [-0.4, -0.2) is 29.2 Å².